The minimum atomic E-state index is -1.30. The predicted molar refractivity (Wildman–Crippen MR) is 118 cm³/mol. The first-order valence-electron chi connectivity index (χ1n) is 9.68. The van der Waals surface area contributed by atoms with Crippen LogP contribution in [-0.2, 0) is 19.1 Å². The summed E-state index contributed by atoms with van der Waals surface area (Å²) in [6, 6.07) is 13.1. The number of H-pyrrole nitrogens is 1. The van der Waals surface area contributed by atoms with Crippen molar-refractivity contribution >= 4 is 38.8 Å². The van der Waals surface area contributed by atoms with Crippen molar-refractivity contribution in [3.63, 3.8) is 0 Å². The number of hydrogen-bond donors (Lipinski definition) is 1. The molecule has 0 spiro atoms. The zero-order valence-corrected chi connectivity index (χ0v) is 18.6. The summed E-state index contributed by atoms with van der Waals surface area (Å²) >= 11 is 3.50. The molecule has 1 aromatic heterocycles. The molecule has 1 saturated heterocycles. The molecule has 0 saturated carbocycles. The molecular weight excluding hydrogens is 462 g/mol. The van der Waals surface area contributed by atoms with Gasteiger partial charge in [0, 0.05) is 36.9 Å². The summed E-state index contributed by atoms with van der Waals surface area (Å²) in [6.45, 7) is 3.20. The Kier molecular flexibility index (Phi) is 5.50. The largest absolute Gasteiger partial charge is 0.480 e. The normalized spacial score (nSPS) is 17.0. The summed E-state index contributed by atoms with van der Waals surface area (Å²) in [5, 5.41) is 0.904. The Labute approximate surface area is 188 Å². The van der Waals surface area contributed by atoms with Gasteiger partial charge >= 0.3 is 11.9 Å². The smallest absolute Gasteiger partial charge is 0.324 e. The number of rotatable bonds is 5. The number of terminal acetylenes is 1. The van der Waals surface area contributed by atoms with Crippen molar-refractivity contribution < 1.29 is 23.8 Å². The summed E-state index contributed by atoms with van der Waals surface area (Å²) < 4.78 is 17.0. The fourth-order valence-corrected chi connectivity index (χ4v) is 4.36. The number of aromatic nitrogens is 1. The highest BCUT2D eigenvalue weighted by Gasteiger charge is 2.48. The van der Waals surface area contributed by atoms with E-state index in [4.69, 9.17) is 20.6 Å². The lowest BCUT2D eigenvalue weighted by Gasteiger charge is -2.36. The van der Waals surface area contributed by atoms with Crippen LogP contribution in [-0.4, -0.2) is 29.3 Å². The third-order valence-corrected chi connectivity index (χ3v) is 5.74. The Balaban J connectivity index is 1.85. The minimum Gasteiger partial charge on any atom is -0.480 e. The molecule has 4 rings (SSSR count). The molecule has 0 amide bonds. The zero-order valence-electron chi connectivity index (χ0n) is 17.0. The van der Waals surface area contributed by atoms with E-state index in [-0.39, 0.29) is 6.61 Å². The lowest BCUT2D eigenvalue weighted by Crippen LogP contribution is -2.48. The third-order valence-electron chi connectivity index (χ3n) is 5.12. The number of nitrogens with one attached hydrogen (secondary N) is 1. The van der Waals surface area contributed by atoms with Crippen LogP contribution in [0.2, 0.25) is 0 Å². The van der Waals surface area contributed by atoms with Gasteiger partial charge in [-0.2, -0.15) is 0 Å². The van der Waals surface area contributed by atoms with E-state index >= 15 is 0 Å². The van der Waals surface area contributed by atoms with Crippen LogP contribution >= 0.6 is 15.9 Å². The second kappa shape index (κ2) is 8.12. The van der Waals surface area contributed by atoms with Crippen LogP contribution in [0.3, 0.4) is 0 Å². The highest BCUT2D eigenvalue weighted by molar-refractivity contribution is 9.10. The molecule has 1 aliphatic rings. The first-order valence-corrected chi connectivity index (χ1v) is 10.5. The summed E-state index contributed by atoms with van der Waals surface area (Å²) in [4.78, 5) is 29.2. The number of ether oxygens (including phenoxy) is 3. The van der Waals surface area contributed by atoms with E-state index in [1.54, 1.807) is 6.07 Å². The van der Waals surface area contributed by atoms with Crippen LogP contribution in [0.5, 0.6) is 5.75 Å². The fourth-order valence-electron chi connectivity index (χ4n) is 3.85. The predicted octanol–water partition coefficient (Wildman–Crippen LogP) is 4.53. The van der Waals surface area contributed by atoms with E-state index < -0.39 is 29.6 Å². The fraction of sp³-hybridized carbons (Fsp3) is 0.250. The first kappa shape index (κ1) is 21.0. The van der Waals surface area contributed by atoms with Gasteiger partial charge in [-0.3, -0.25) is 9.59 Å². The molecule has 1 N–H and O–H groups in total. The molecule has 2 aromatic carbocycles. The highest BCUT2D eigenvalue weighted by atomic mass is 79.9. The minimum absolute atomic E-state index is 0.125. The molecule has 7 heteroatoms. The number of esters is 2. The molecule has 1 aliphatic heterocycles. The standard InChI is InChI=1S/C24H20BrNO5/c1-4-11-29-19-10-9-14(12-17(19)25)20(16-13-26-18-8-6-5-7-15(16)18)21-22(27)30-24(2,3)31-23(21)28/h1,5-10,12-13,20-21,26H,11H2,2-3H3/t20-/m1/s1. The number of fused-ring (bicyclic) bond motifs is 1. The van der Waals surface area contributed by atoms with Crippen molar-refractivity contribution in [2.75, 3.05) is 6.61 Å². The molecular formula is C24H20BrNO5. The Bertz CT molecular complexity index is 1190. The van der Waals surface area contributed by atoms with Crippen molar-refractivity contribution in [3.05, 3.63) is 64.3 Å². The number of para-hydroxylation sites is 1. The van der Waals surface area contributed by atoms with Gasteiger partial charge in [-0.25, -0.2) is 0 Å². The molecule has 6 nitrogen and oxygen atoms in total. The molecule has 31 heavy (non-hydrogen) atoms. The second-order valence-electron chi connectivity index (χ2n) is 7.67. The van der Waals surface area contributed by atoms with Gasteiger partial charge in [0.05, 0.1) is 4.47 Å². The summed E-state index contributed by atoms with van der Waals surface area (Å²) in [5.41, 5.74) is 2.41. The number of hydrogen-bond acceptors (Lipinski definition) is 5. The van der Waals surface area contributed by atoms with Crippen LogP contribution in [0.1, 0.15) is 30.9 Å². The van der Waals surface area contributed by atoms with Crippen LogP contribution in [0.4, 0.5) is 0 Å². The van der Waals surface area contributed by atoms with Gasteiger partial charge in [-0.1, -0.05) is 30.2 Å². The lowest BCUT2D eigenvalue weighted by atomic mass is 9.80. The Morgan fingerprint density at radius 3 is 2.58 bits per heavy atom. The van der Waals surface area contributed by atoms with Gasteiger partial charge < -0.3 is 19.2 Å². The monoisotopic (exact) mass is 481 g/mol. The number of carbonyl (C=O) groups is 2. The average molecular weight is 482 g/mol. The number of carbonyl (C=O) groups excluding carboxylic acids is 2. The molecule has 2 heterocycles. The molecule has 0 bridgehead atoms. The molecule has 3 aromatic rings. The maximum atomic E-state index is 13.0. The van der Waals surface area contributed by atoms with Gasteiger partial charge in [-0.15, -0.1) is 6.42 Å². The number of aromatic amines is 1. The van der Waals surface area contributed by atoms with E-state index in [1.165, 1.54) is 13.8 Å². The Hall–Kier alpha value is -3.24. The van der Waals surface area contributed by atoms with Gasteiger partial charge in [0.2, 0.25) is 0 Å². The zero-order chi connectivity index (χ0) is 22.2. The molecule has 1 fully saturated rings. The molecule has 0 aliphatic carbocycles. The summed E-state index contributed by atoms with van der Waals surface area (Å²) in [6.07, 6.45) is 7.09. The first-order chi connectivity index (χ1) is 14.8. The molecule has 158 valence electrons. The van der Waals surface area contributed by atoms with Crippen LogP contribution in [0, 0.1) is 18.3 Å². The van der Waals surface area contributed by atoms with Gasteiger partial charge in [0.1, 0.15) is 12.4 Å². The Morgan fingerprint density at radius 1 is 1.19 bits per heavy atom. The molecule has 0 unspecified atom stereocenters. The summed E-state index contributed by atoms with van der Waals surface area (Å²) in [7, 11) is 0. The SMILES string of the molecule is C#CCOc1ccc([C@H](c2c[nH]c3ccccc23)C2C(=O)OC(C)(C)OC2=O)cc1Br. The number of halogens is 1. The number of benzene rings is 2. The average Bonchev–Trinajstić information content (AvgIpc) is 3.13. The van der Waals surface area contributed by atoms with Gasteiger partial charge in [-0.05, 0) is 45.3 Å². The van der Waals surface area contributed by atoms with Crippen molar-refractivity contribution in [1.29, 1.82) is 0 Å². The van der Waals surface area contributed by atoms with E-state index in [0.717, 1.165) is 22.0 Å². The highest BCUT2D eigenvalue weighted by Crippen LogP contribution is 2.42. The molecule has 0 radical (unpaired) electrons. The third kappa shape index (κ3) is 4.04. The van der Waals surface area contributed by atoms with Crippen LogP contribution in [0.15, 0.2) is 53.1 Å². The van der Waals surface area contributed by atoms with Gasteiger partial charge in [0.15, 0.2) is 5.92 Å². The van der Waals surface area contributed by atoms with Crippen molar-refractivity contribution in [1.82, 2.24) is 4.98 Å². The summed E-state index contributed by atoms with van der Waals surface area (Å²) in [5.74, 6) is -1.35. The van der Waals surface area contributed by atoms with E-state index in [2.05, 4.69) is 26.8 Å². The topological polar surface area (TPSA) is 77.6 Å². The Morgan fingerprint density at radius 2 is 1.90 bits per heavy atom. The van der Waals surface area contributed by atoms with Gasteiger partial charge in [0.25, 0.3) is 5.79 Å². The van der Waals surface area contributed by atoms with Crippen LogP contribution in [0.25, 0.3) is 10.9 Å². The molecule has 1 atom stereocenters. The second-order valence-corrected chi connectivity index (χ2v) is 8.52. The number of cyclic esters (lactones) is 2. The van der Waals surface area contributed by atoms with E-state index in [0.29, 0.717) is 10.2 Å². The van der Waals surface area contributed by atoms with E-state index in [1.807, 2.05) is 42.6 Å². The van der Waals surface area contributed by atoms with Crippen LogP contribution < -0.4 is 4.74 Å². The maximum absolute atomic E-state index is 13.0. The van der Waals surface area contributed by atoms with Crippen molar-refractivity contribution in [3.8, 4) is 18.1 Å². The quantitative estimate of drug-likeness (QED) is 0.329. The van der Waals surface area contributed by atoms with Crippen molar-refractivity contribution in [2.24, 2.45) is 5.92 Å². The van der Waals surface area contributed by atoms with E-state index in [9.17, 15) is 9.59 Å². The lowest BCUT2D eigenvalue weighted by molar-refractivity contribution is -0.240. The maximum Gasteiger partial charge on any atom is 0.324 e. The van der Waals surface area contributed by atoms with Crippen molar-refractivity contribution in [2.45, 2.75) is 25.6 Å².